The summed E-state index contributed by atoms with van der Waals surface area (Å²) < 4.78 is 49.3. The van der Waals surface area contributed by atoms with Crippen molar-refractivity contribution in [2.45, 2.75) is 25.2 Å². The standard InChI is InChI=1S/C13H16ClF3N2OS/c1-9-8-20-7-6-19(9)21-18-12(13(15,16)17)10-2-4-11(14)5-3-10/h2-5,9,12,18H,6-8H2,1H3/t9-,12+/m0/s1. The average molecular weight is 341 g/mol. The van der Waals surface area contributed by atoms with Crippen LogP contribution in [0, 0.1) is 0 Å². The van der Waals surface area contributed by atoms with Crippen molar-refractivity contribution in [3.63, 3.8) is 0 Å². The molecule has 1 saturated heterocycles. The van der Waals surface area contributed by atoms with E-state index in [1.54, 1.807) is 0 Å². The molecule has 1 N–H and O–H groups in total. The van der Waals surface area contributed by atoms with Crippen molar-refractivity contribution in [2.75, 3.05) is 19.8 Å². The second kappa shape index (κ2) is 7.19. The fourth-order valence-corrected chi connectivity index (χ4v) is 2.99. The first-order chi connectivity index (χ1) is 9.88. The molecule has 2 atom stereocenters. The van der Waals surface area contributed by atoms with Gasteiger partial charge in [0.05, 0.1) is 13.2 Å². The molecule has 1 aromatic rings. The van der Waals surface area contributed by atoms with Crippen molar-refractivity contribution in [2.24, 2.45) is 0 Å². The third-order valence-electron chi connectivity index (χ3n) is 3.13. The van der Waals surface area contributed by atoms with E-state index in [9.17, 15) is 13.2 Å². The topological polar surface area (TPSA) is 24.5 Å². The molecule has 1 heterocycles. The molecule has 21 heavy (non-hydrogen) atoms. The molecule has 118 valence electrons. The number of benzene rings is 1. The number of rotatable bonds is 4. The Labute approximate surface area is 131 Å². The van der Waals surface area contributed by atoms with Gasteiger partial charge in [0, 0.05) is 29.7 Å². The van der Waals surface area contributed by atoms with Gasteiger partial charge in [-0.15, -0.1) is 0 Å². The van der Waals surface area contributed by atoms with E-state index in [1.807, 2.05) is 11.2 Å². The van der Waals surface area contributed by atoms with Crippen molar-refractivity contribution < 1.29 is 17.9 Å². The zero-order chi connectivity index (χ0) is 15.5. The van der Waals surface area contributed by atoms with Gasteiger partial charge in [-0.25, -0.2) is 9.03 Å². The van der Waals surface area contributed by atoms with Gasteiger partial charge < -0.3 is 4.74 Å². The number of nitrogens with one attached hydrogen (secondary N) is 1. The zero-order valence-corrected chi connectivity index (χ0v) is 12.9. The Hall–Kier alpha value is -0.470. The van der Waals surface area contributed by atoms with Crippen molar-refractivity contribution in [3.8, 4) is 0 Å². The first kappa shape index (κ1) is 16.9. The Bertz CT molecular complexity index is 458. The second-order valence-corrected chi connectivity index (χ2v) is 6.12. The summed E-state index contributed by atoms with van der Waals surface area (Å²) in [6, 6.07) is 4.01. The lowest BCUT2D eigenvalue weighted by atomic mass is 10.1. The Kier molecular flexibility index (Phi) is 5.79. The highest BCUT2D eigenvalue weighted by molar-refractivity contribution is 7.95. The molecule has 2 rings (SSSR count). The van der Waals surface area contributed by atoms with Crippen molar-refractivity contribution >= 4 is 23.7 Å². The molecule has 8 heteroatoms. The normalized spacial score (nSPS) is 22.2. The summed E-state index contributed by atoms with van der Waals surface area (Å²) in [5, 5.41) is 0.411. The lowest BCUT2D eigenvalue weighted by Gasteiger charge is -2.33. The minimum atomic E-state index is -4.38. The molecule has 0 bridgehead atoms. The van der Waals surface area contributed by atoms with E-state index in [0.717, 1.165) is 12.1 Å². The number of nitrogens with zero attached hydrogens (tertiary/aromatic N) is 1. The first-order valence-corrected chi connectivity index (χ1v) is 7.62. The van der Waals surface area contributed by atoms with Crippen LogP contribution in [0.5, 0.6) is 0 Å². The fourth-order valence-electron chi connectivity index (χ4n) is 1.95. The highest BCUT2D eigenvalue weighted by atomic mass is 35.5. The van der Waals surface area contributed by atoms with E-state index in [-0.39, 0.29) is 11.6 Å². The van der Waals surface area contributed by atoms with E-state index >= 15 is 0 Å². The van der Waals surface area contributed by atoms with Crippen LogP contribution < -0.4 is 4.72 Å². The lowest BCUT2D eigenvalue weighted by Crippen LogP contribution is -2.42. The molecule has 0 aliphatic carbocycles. The summed E-state index contributed by atoms with van der Waals surface area (Å²) in [5.74, 6) is 0. The molecule has 0 amide bonds. The van der Waals surface area contributed by atoms with E-state index in [1.165, 1.54) is 24.3 Å². The summed E-state index contributed by atoms with van der Waals surface area (Å²) in [4.78, 5) is 0. The van der Waals surface area contributed by atoms with E-state index in [4.69, 9.17) is 16.3 Å². The van der Waals surface area contributed by atoms with Crippen LogP contribution in [0.3, 0.4) is 0 Å². The van der Waals surface area contributed by atoms with Crippen LogP contribution >= 0.6 is 23.7 Å². The molecule has 0 radical (unpaired) electrons. The minimum Gasteiger partial charge on any atom is -0.378 e. The maximum Gasteiger partial charge on any atom is 0.408 e. The van der Waals surface area contributed by atoms with E-state index in [2.05, 4.69) is 4.72 Å². The van der Waals surface area contributed by atoms with Gasteiger partial charge in [-0.3, -0.25) is 0 Å². The Morgan fingerprint density at radius 3 is 2.62 bits per heavy atom. The predicted octanol–water partition coefficient (Wildman–Crippen LogP) is 3.82. The average Bonchev–Trinajstić information content (AvgIpc) is 2.41. The number of morpholine rings is 1. The van der Waals surface area contributed by atoms with Crippen LogP contribution in [0.15, 0.2) is 24.3 Å². The lowest BCUT2D eigenvalue weighted by molar-refractivity contribution is -0.152. The minimum absolute atomic E-state index is 0.0651. The van der Waals surface area contributed by atoms with Crippen LogP contribution in [0.2, 0.25) is 5.02 Å². The molecular weight excluding hydrogens is 325 g/mol. The van der Waals surface area contributed by atoms with Gasteiger partial charge in [-0.1, -0.05) is 23.7 Å². The van der Waals surface area contributed by atoms with Gasteiger partial charge >= 0.3 is 6.18 Å². The molecule has 1 aromatic carbocycles. The quantitative estimate of drug-likeness (QED) is 0.842. The SMILES string of the molecule is C[C@H]1COCCN1SN[C@H](c1ccc(Cl)cc1)C(F)(F)F. The van der Waals surface area contributed by atoms with Crippen LogP contribution in [-0.2, 0) is 4.74 Å². The fraction of sp³-hybridized carbons (Fsp3) is 0.538. The van der Waals surface area contributed by atoms with Gasteiger partial charge in [-0.2, -0.15) is 13.2 Å². The van der Waals surface area contributed by atoms with Crippen molar-refractivity contribution in [1.82, 2.24) is 9.03 Å². The monoisotopic (exact) mass is 340 g/mol. The molecule has 0 unspecified atom stereocenters. The van der Waals surface area contributed by atoms with E-state index in [0.29, 0.717) is 24.8 Å². The number of ether oxygens (including phenoxy) is 1. The second-order valence-electron chi connectivity index (χ2n) is 4.80. The highest BCUT2D eigenvalue weighted by Crippen LogP contribution is 2.35. The molecule has 0 saturated carbocycles. The maximum absolute atomic E-state index is 13.2. The van der Waals surface area contributed by atoms with Gasteiger partial charge in [0.2, 0.25) is 0 Å². The highest BCUT2D eigenvalue weighted by Gasteiger charge is 2.41. The summed E-state index contributed by atoms with van der Waals surface area (Å²) in [7, 11) is 0. The Morgan fingerprint density at radius 2 is 2.05 bits per heavy atom. The Morgan fingerprint density at radius 1 is 1.38 bits per heavy atom. The maximum atomic E-state index is 13.2. The van der Waals surface area contributed by atoms with Gasteiger partial charge in [0.25, 0.3) is 0 Å². The number of halogens is 4. The molecule has 1 fully saturated rings. The van der Waals surface area contributed by atoms with Crippen LogP contribution in [-0.4, -0.2) is 36.3 Å². The molecule has 0 aromatic heterocycles. The first-order valence-electron chi connectivity index (χ1n) is 6.47. The zero-order valence-electron chi connectivity index (χ0n) is 11.4. The van der Waals surface area contributed by atoms with Crippen LogP contribution in [0.4, 0.5) is 13.2 Å². The third-order valence-corrected chi connectivity index (χ3v) is 4.50. The van der Waals surface area contributed by atoms with Gasteiger partial charge in [-0.05, 0) is 24.6 Å². The number of hydrogen-bond acceptors (Lipinski definition) is 4. The molecular formula is C13H16ClF3N2OS. The van der Waals surface area contributed by atoms with Crippen molar-refractivity contribution in [3.05, 3.63) is 34.9 Å². The summed E-state index contributed by atoms with van der Waals surface area (Å²) in [6.45, 7) is 3.55. The van der Waals surface area contributed by atoms with Gasteiger partial charge in [0.15, 0.2) is 0 Å². The van der Waals surface area contributed by atoms with Crippen LogP contribution in [0.25, 0.3) is 0 Å². The largest absolute Gasteiger partial charge is 0.408 e. The smallest absolute Gasteiger partial charge is 0.378 e. The van der Waals surface area contributed by atoms with Crippen molar-refractivity contribution in [1.29, 1.82) is 0 Å². The summed E-state index contributed by atoms with van der Waals surface area (Å²) in [6.07, 6.45) is -4.38. The van der Waals surface area contributed by atoms with Gasteiger partial charge in [0.1, 0.15) is 6.04 Å². The molecule has 1 aliphatic rings. The molecule has 0 spiro atoms. The third kappa shape index (κ3) is 4.75. The molecule has 1 aliphatic heterocycles. The number of hydrogen-bond donors (Lipinski definition) is 1. The molecule has 3 nitrogen and oxygen atoms in total. The predicted molar refractivity (Wildman–Crippen MR) is 78.0 cm³/mol. The van der Waals surface area contributed by atoms with Crippen LogP contribution in [0.1, 0.15) is 18.5 Å². The Balaban J connectivity index is 2.05. The summed E-state index contributed by atoms with van der Waals surface area (Å²) >= 11 is 6.71. The number of alkyl halides is 3. The summed E-state index contributed by atoms with van der Waals surface area (Å²) in [5.41, 5.74) is 0.139. The van der Waals surface area contributed by atoms with E-state index < -0.39 is 12.2 Å².